The first-order valence-electron chi connectivity index (χ1n) is 13.3. The van der Waals surface area contributed by atoms with E-state index in [0.29, 0.717) is 40.0 Å². The number of ketones is 1. The Morgan fingerprint density at radius 3 is 2.73 bits per heavy atom. The van der Waals surface area contributed by atoms with Gasteiger partial charge in [0.2, 0.25) is 5.13 Å². The lowest BCUT2D eigenvalue weighted by atomic mass is 9.94. The normalized spacial score (nSPS) is 19.3. The summed E-state index contributed by atoms with van der Waals surface area (Å²) in [5.41, 5.74) is 3.13. The van der Waals surface area contributed by atoms with E-state index in [4.69, 9.17) is 9.47 Å². The standard InChI is InChI=1S/C31H27N3O5S2/c1-3-38-23-11-7-10-20(16-23)26-25(27(35)21-12-13-24-22(15-21)14-18(2)39-24)28(36)29(37)34(26)30-32-33-31(41-30)40-17-19-8-5-4-6-9-19/h4-13,15-16,18,26,35H,3,14,17H2,1-2H3/b27-25-. The molecule has 4 aromatic rings. The number of hydrogen-bond donors (Lipinski definition) is 1. The SMILES string of the molecule is CCOc1cccc(C2/C(=C(/O)c3ccc4c(c3)CC(C)O4)C(=O)C(=O)N2c2nnc(SCc3ccccc3)s2)c1. The zero-order chi connectivity index (χ0) is 28.5. The molecular formula is C31H27N3O5S2. The van der Waals surface area contributed by atoms with Crippen LogP contribution in [0.4, 0.5) is 5.13 Å². The van der Waals surface area contributed by atoms with Gasteiger partial charge in [-0.15, -0.1) is 10.2 Å². The van der Waals surface area contributed by atoms with Crippen LogP contribution in [0, 0.1) is 0 Å². The summed E-state index contributed by atoms with van der Waals surface area (Å²) in [6, 6.07) is 21.6. The van der Waals surface area contributed by atoms with Crippen molar-refractivity contribution in [3.8, 4) is 11.5 Å². The van der Waals surface area contributed by atoms with Gasteiger partial charge in [-0.2, -0.15) is 0 Å². The van der Waals surface area contributed by atoms with Crippen LogP contribution in [0.3, 0.4) is 0 Å². The fourth-order valence-electron chi connectivity index (χ4n) is 5.09. The smallest absolute Gasteiger partial charge is 0.301 e. The number of benzene rings is 3. The Hall–Kier alpha value is -4.15. The number of aromatic nitrogens is 2. The molecule has 0 aliphatic carbocycles. The fraction of sp³-hybridized carbons (Fsp3) is 0.226. The molecule has 0 radical (unpaired) electrons. The number of thioether (sulfide) groups is 1. The third-order valence-electron chi connectivity index (χ3n) is 6.91. The number of nitrogens with zero attached hydrogens (tertiary/aromatic N) is 3. The van der Waals surface area contributed by atoms with Crippen LogP contribution < -0.4 is 14.4 Å². The molecule has 1 aromatic heterocycles. The number of Topliss-reactive ketones (excluding diaryl/α,β-unsaturated/α-hetero) is 1. The molecule has 1 amide bonds. The lowest BCUT2D eigenvalue weighted by Crippen LogP contribution is -2.29. The molecule has 2 aliphatic heterocycles. The second-order valence-corrected chi connectivity index (χ2v) is 11.9. The Labute approximate surface area is 245 Å². The largest absolute Gasteiger partial charge is 0.507 e. The molecule has 2 atom stereocenters. The first-order valence-corrected chi connectivity index (χ1v) is 15.1. The summed E-state index contributed by atoms with van der Waals surface area (Å²) in [5.74, 6) is 0.235. The molecule has 10 heteroatoms. The van der Waals surface area contributed by atoms with Gasteiger partial charge in [-0.3, -0.25) is 14.5 Å². The predicted octanol–water partition coefficient (Wildman–Crippen LogP) is 6.18. The van der Waals surface area contributed by atoms with E-state index in [1.165, 1.54) is 28.0 Å². The van der Waals surface area contributed by atoms with Crippen LogP contribution in [-0.2, 0) is 21.8 Å². The summed E-state index contributed by atoms with van der Waals surface area (Å²) in [5, 5.41) is 20.4. The second-order valence-electron chi connectivity index (χ2n) is 9.75. The molecule has 0 saturated carbocycles. The number of fused-ring (bicyclic) bond motifs is 1. The molecule has 6 rings (SSSR count). The van der Waals surface area contributed by atoms with E-state index < -0.39 is 17.7 Å². The highest BCUT2D eigenvalue weighted by Gasteiger charge is 2.48. The molecule has 41 heavy (non-hydrogen) atoms. The van der Waals surface area contributed by atoms with Crippen LogP contribution >= 0.6 is 23.1 Å². The van der Waals surface area contributed by atoms with Gasteiger partial charge < -0.3 is 14.6 Å². The summed E-state index contributed by atoms with van der Waals surface area (Å²) < 4.78 is 12.2. The van der Waals surface area contributed by atoms with Crippen LogP contribution in [0.2, 0.25) is 0 Å². The maximum atomic E-state index is 13.6. The van der Waals surface area contributed by atoms with Gasteiger partial charge in [-0.05, 0) is 60.9 Å². The van der Waals surface area contributed by atoms with Crippen molar-refractivity contribution in [1.82, 2.24) is 10.2 Å². The fourth-order valence-corrected chi connectivity index (χ4v) is 6.91. The van der Waals surface area contributed by atoms with E-state index in [9.17, 15) is 14.7 Å². The van der Waals surface area contributed by atoms with Crippen molar-refractivity contribution in [3.05, 3.63) is 101 Å². The van der Waals surface area contributed by atoms with Gasteiger partial charge in [0, 0.05) is 17.7 Å². The van der Waals surface area contributed by atoms with E-state index in [-0.39, 0.29) is 22.6 Å². The van der Waals surface area contributed by atoms with Gasteiger partial charge in [0.1, 0.15) is 23.4 Å². The van der Waals surface area contributed by atoms with Crippen LogP contribution in [0.1, 0.15) is 42.1 Å². The summed E-state index contributed by atoms with van der Waals surface area (Å²) in [7, 11) is 0. The Kier molecular flexibility index (Phi) is 7.51. The number of aliphatic hydroxyl groups excluding tert-OH is 1. The van der Waals surface area contributed by atoms with Gasteiger partial charge in [0.05, 0.1) is 18.2 Å². The number of carbonyl (C=O) groups excluding carboxylic acids is 2. The van der Waals surface area contributed by atoms with E-state index in [2.05, 4.69) is 10.2 Å². The number of rotatable bonds is 8. The molecule has 0 spiro atoms. The third-order valence-corrected chi connectivity index (χ3v) is 9.03. The van der Waals surface area contributed by atoms with Crippen LogP contribution in [-0.4, -0.2) is 39.7 Å². The zero-order valence-electron chi connectivity index (χ0n) is 22.4. The number of aliphatic hydroxyl groups is 1. The zero-order valence-corrected chi connectivity index (χ0v) is 24.1. The molecule has 3 aromatic carbocycles. The first-order chi connectivity index (χ1) is 19.9. The Balaban J connectivity index is 1.41. The highest BCUT2D eigenvalue weighted by atomic mass is 32.2. The Morgan fingerprint density at radius 2 is 1.93 bits per heavy atom. The van der Waals surface area contributed by atoms with E-state index in [1.807, 2.05) is 62.4 Å². The van der Waals surface area contributed by atoms with Crippen molar-refractivity contribution in [1.29, 1.82) is 0 Å². The number of amides is 1. The van der Waals surface area contributed by atoms with Crippen molar-refractivity contribution >= 4 is 45.7 Å². The number of anilines is 1. The topological polar surface area (TPSA) is 102 Å². The minimum absolute atomic E-state index is 0.00995. The Bertz CT molecular complexity index is 1650. The van der Waals surface area contributed by atoms with Gasteiger partial charge >= 0.3 is 5.91 Å². The minimum Gasteiger partial charge on any atom is -0.507 e. The quantitative estimate of drug-likeness (QED) is 0.0860. The predicted molar refractivity (Wildman–Crippen MR) is 159 cm³/mol. The van der Waals surface area contributed by atoms with Gasteiger partial charge in [-0.1, -0.05) is 65.6 Å². The molecule has 2 unspecified atom stereocenters. The number of hydrogen-bond acceptors (Lipinski definition) is 9. The Morgan fingerprint density at radius 1 is 1.10 bits per heavy atom. The molecular weight excluding hydrogens is 558 g/mol. The van der Waals surface area contributed by atoms with Crippen molar-refractivity contribution in [2.24, 2.45) is 0 Å². The minimum atomic E-state index is -0.918. The van der Waals surface area contributed by atoms with E-state index in [0.717, 1.165) is 16.9 Å². The van der Waals surface area contributed by atoms with Gasteiger partial charge in [0.25, 0.3) is 5.78 Å². The number of carbonyl (C=O) groups is 2. The van der Waals surface area contributed by atoms with Crippen molar-refractivity contribution in [2.45, 2.75) is 42.5 Å². The maximum absolute atomic E-state index is 13.6. The summed E-state index contributed by atoms with van der Waals surface area (Å²) in [4.78, 5) is 28.5. The maximum Gasteiger partial charge on any atom is 0.301 e. The highest BCUT2D eigenvalue weighted by Crippen LogP contribution is 2.45. The molecule has 0 bridgehead atoms. The van der Waals surface area contributed by atoms with Crippen molar-refractivity contribution in [3.63, 3.8) is 0 Å². The molecule has 3 heterocycles. The summed E-state index contributed by atoms with van der Waals surface area (Å²) >= 11 is 2.74. The lowest BCUT2D eigenvalue weighted by Gasteiger charge is -2.23. The number of ether oxygens (including phenoxy) is 2. The van der Waals surface area contributed by atoms with Gasteiger partial charge in [0.15, 0.2) is 4.34 Å². The third kappa shape index (κ3) is 5.32. The average Bonchev–Trinajstić information content (AvgIpc) is 3.67. The van der Waals surface area contributed by atoms with Crippen LogP contribution in [0.5, 0.6) is 11.5 Å². The molecule has 2 aliphatic rings. The highest BCUT2D eigenvalue weighted by molar-refractivity contribution is 8.00. The van der Waals surface area contributed by atoms with Crippen LogP contribution in [0.15, 0.2) is 82.7 Å². The second kappa shape index (κ2) is 11.4. The van der Waals surface area contributed by atoms with Gasteiger partial charge in [-0.25, -0.2) is 0 Å². The molecule has 1 N–H and O–H groups in total. The molecule has 8 nitrogen and oxygen atoms in total. The van der Waals surface area contributed by atoms with E-state index >= 15 is 0 Å². The first kappa shape index (κ1) is 27.0. The average molecular weight is 586 g/mol. The van der Waals surface area contributed by atoms with E-state index in [1.54, 1.807) is 24.3 Å². The molecule has 1 fully saturated rings. The molecule has 1 saturated heterocycles. The molecule has 208 valence electrons. The lowest BCUT2D eigenvalue weighted by molar-refractivity contribution is -0.132. The summed E-state index contributed by atoms with van der Waals surface area (Å²) in [6.45, 7) is 4.32. The monoisotopic (exact) mass is 585 g/mol. The van der Waals surface area contributed by atoms with Crippen LogP contribution in [0.25, 0.3) is 5.76 Å². The summed E-state index contributed by atoms with van der Waals surface area (Å²) in [6.07, 6.45) is 0.722. The van der Waals surface area contributed by atoms with Crippen molar-refractivity contribution < 1.29 is 24.2 Å². The van der Waals surface area contributed by atoms with Crippen molar-refractivity contribution in [2.75, 3.05) is 11.5 Å².